The summed E-state index contributed by atoms with van der Waals surface area (Å²) in [6, 6.07) is 0. The van der Waals surface area contributed by atoms with E-state index in [1.807, 2.05) is 0 Å². The van der Waals surface area contributed by atoms with Crippen LogP contribution in [0.3, 0.4) is 0 Å². The number of methoxy groups -OCH3 is 1. The van der Waals surface area contributed by atoms with Crippen LogP contribution in [0.25, 0.3) is 0 Å². The zero-order valence-electron chi connectivity index (χ0n) is 15.5. The van der Waals surface area contributed by atoms with Crippen molar-refractivity contribution in [3.63, 3.8) is 0 Å². The van der Waals surface area contributed by atoms with Crippen LogP contribution in [0.5, 0.6) is 0 Å². The molecule has 2 fully saturated rings. The van der Waals surface area contributed by atoms with Crippen LogP contribution in [0.15, 0.2) is 24.8 Å². The Hall–Kier alpha value is -1.05. The summed E-state index contributed by atoms with van der Waals surface area (Å²) in [4.78, 5) is 12.4. The van der Waals surface area contributed by atoms with Crippen LogP contribution in [-0.4, -0.2) is 13.1 Å². The second-order valence-electron chi connectivity index (χ2n) is 8.38. The molecule has 3 aliphatic carbocycles. The van der Waals surface area contributed by atoms with Crippen molar-refractivity contribution in [1.29, 1.82) is 0 Å². The van der Waals surface area contributed by atoms with Gasteiger partial charge in [-0.05, 0) is 68.6 Å². The van der Waals surface area contributed by atoms with Crippen LogP contribution < -0.4 is 0 Å². The highest BCUT2D eigenvalue weighted by Gasteiger charge is 2.53. The Balaban J connectivity index is 0.000000924. The van der Waals surface area contributed by atoms with Gasteiger partial charge in [0.05, 0.1) is 12.5 Å². The highest BCUT2D eigenvalue weighted by Crippen LogP contribution is 2.59. The highest BCUT2D eigenvalue weighted by atomic mass is 16.5. The molecule has 2 saturated carbocycles. The van der Waals surface area contributed by atoms with Crippen LogP contribution in [0.4, 0.5) is 0 Å². The van der Waals surface area contributed by atoms with Crippen LogP contribution in [-0.2, 0) is 9.53 Å². The van der Waals surface area contributed by atoms with Crippen LogP contribution in [0.1, 0.15) is 65.7 Å². The van der Waals surface area contributed by atoms with Crippen LogP contribution in [0, 0.1) is 28.6 Å². The van der Waals surface area contributed by atoms with E-state index in [-0.39, 0.29) is 11.4 Å². The second kappa shape index (κ2) is 6.83. The highest BCUT2D eigenvalue weighted by molar-refractivity contribution is 5.77. The van der Waals surface area contributed by atoms with Crippen molar-refractivity contribution in [1.82, 2.24) is 0 Å². The average Bonchev–Trinajstić information content (AvgIpc) is 2.56. The van der Waals surface area contributed by atoms with Crippen LogP contribution >= 0.6 is 0 Å². The largest absolute Gasteiger partial charge is 0.469 e. The normalized spacial score (nSPS) is 38.1. The molecule has 3 rings (SSSR count). The molecule has 0 aromatic heterocycles. The van der Waals surface area contributed by atoms with Gasteiger partial charge in [0.25, 0.3) is 0 Å². The standard InChI is InChI=1S/C19H30O2.C2H4/c1-18(2)11-5-7-13-14-8-6-12-19(3,17(20)21-4)16(14)10-9-15(13)18;1-2/h7,14-16H,5-6,8-12H2,1-4H3;1-2H2/t14?,15?,16?,19-;/m1./s1. The zero-order valence-corrected chi connectivity index (χ0v) is 15.5. The third-order valence-corrected chi connectivity index (χ3v) is 6.88. The third kappa shape index (κ3) is 3.02. The van der Waals surface area contributed by atoms with E-state index in [1.165, 1.54) is 32.1 Å². The second-order valence-corrected chi connectivity index (χ2v) is 8.38. The number of rotatable bonds is 1. The van der Waals surface area contributed by atoms with Gasteiger partial charge >= 0.3 is 5.97 Å². The molecule has 2 heteroatoms. The number of allylic oxidation sites excluding steroid dienone is 2. The van der Waals surface area contributed by atoms with Crippen molar-refractivity contribution in [3.05, 3.63) is 24.8 Å². The van der Waals surface area contributed by atoms with Crippen LogP contribution in [0.2, 0.25) is 0 Å². The molecule has 3 aliphatic rings. The summed E-state index contributed by atoms with van der Waals surface area (Å²) >= 11 is 0. The van der Waals surface area contributed by atoms with E-state index < -0.39 is 0 Å². The first-order valence-electron chi connectivity index (χ1n) is 9.18. The minimum absolute atomic E-state index is 0.0197. The van der Waals surface area contributed by atoms with Gasteiger partial charge in [0.15, 0.2) is 0 Å². The first kappa shape index (κ1) is 18.3. The summed E-state index contributed by atoms with van der Waals surface area (Å²) in [7, 11) is 1.55. The molecule has 0 bridgehead atoms. The monoisotopic (exact) mass is 318 g/mol. The van der Waals surface area contributed by atoms with Crippen molar-refractivity contribution in [2.24, 2.45) is 28.6 Å². The molecule has 0 radical (unpaired) electrons. The molecule has 0 heterocycles. The molecule has 0 spiro atoms. The molecular formula is C21H34O2. The molecule has 0 saturated heterocycles. The molecule has 0 amide bonds. The van der Waals surface area contributed by atoms with E-state index in [2.05, 4.69) is 40.0 Å². The van der Waals surface area contributed by atoms with Gasteiger partial charge in [-0.25, -0.2) is 0 Å². The number of hydrogen-bond donors (Lipinski definition) is 0. The minimum atomic E-state index is -0.259. The maximum Gasteiger partial charge on any atom is 0.311 e. The predicted octanol–water partition coefficient (Wildman–Crippen LogP) is 5.54. The average molecular weight is 319 g/mol. The fourth-order valence-electron chi connectivity index (χ4n) is 5.62. The van der Waals surface area contributed by atoms with Crippen molar-refractivity contribution in [2.75, 3.05) is 7.11 Å². The Labute approximate surface area is 142 Å². The van der Waals surface area contributed by atoms with E-state index in [1.54, 1.807) is 12.7 Å². The Kier molecular flexibility index (Phi) is 5.43. The molecular weight excluding hydrogens is 284 g/mol. The maximum absolute atomic E-state index is 12.4. The first-order chi connectivity index (χ1) is 10.9. The molecule has 0 aromatic rings. The zero-order chi connectivity index (χ0) is 17.3. The summed E-state index contributed by atoms with van der Waals surface area (Å²) in [6.07, 6.45) is 10.9. The molecule has 0 aromatic carbocycles. The van der Waals surface area contributed by atoms with Gasteiger partial charge in [0.2, 0.25) is 0 Å². The third-order valence-electron chi connectivity index (χ3n) is 6.88. The Bertz CT molecular complexity index is 476. The van der Waals surface area contributed by atoms with E-state index in [0.29, 0.717) is 17.3 Å². The lowest BCUT2D eigenvalue weighted by molar-refractivity contribution is -0.160. The molecule has 0 aliphatic heterocycles. The van der Waals surface area contributed by atoms with Crippen molar-refractivity contribution < 1.29 is 9.53 Å². The topological polar surface area (TPSA) is 26.3 Å². The number of carbonyl (C=O) groups is 1. The van der Waals surface area contributed by atoms with Gasteiger partial charge in [0.1, 0.15) is 0 Å². The van der Waals surface area contributed by atoms with Gasteiger partial charge in [-0.3, -0.25) is 4.79 Å². The van der Waals surface area contributed by atoms with E-state index in [4.69, 9.17) is 4.74 Å². The van der Waals surface area contributed by atoms with Crippen molar-refractivity contribution >= 4 is 5.97 Å². The first-order valence-corrected chi connectivity index (χ1v) is 9.18. The van der Waals surface area contributed by atoms with Gasteiger partial charge in [-0.1, -0.05) is 31.9 Å². The SMILES string of the molecule is C=C.COC(=O)[C@]1(C)CCCC2C3=CCCC(C)(C)C3CCC21. The minimum Gasteiger partial charge on any atom is -0.469 e. The van der Waals surface area contributed by atoms with E-state index >= 15 is 0 Å². The van der Waals surface area contributed by atoms with Gasteiger partial charge in [-0.2, -0.15) is 0 Å². The molecule has 23 heavy (non-hydrogen) atoms. The summed E-state index contributed by atoms with van der Waals surface area (Å²) in [5.41, 5.74) is 1.87. The number of carbonyl (C=O) groups excluding carboxylic acids is 1. The van der Waals surface area contributed by atoms with Gasteiger partial charge < -0.3 is 4.74 Å². The summed E-state index contributed by atoms with van der Waals surface area (Å²) in [5, 5.41) is 0. The molecule has 4 atom stereocenters. The fourth-order valence-corrected chi connectivity index (χ4v) is 5.62. The predicted molar refractivity (Wildman–Crippen MR) is 96.0 cm³/mol. The summed E-state index contributed by atoms with van der Waals surface area (Å²) in [6.45, 7) is 13.0. The summed E-state index contributed by atoms with van der Waals surface area (Å²) in [5.74, 6) is 1.88. The van der Waals surface area contributed by atoms with Crippen molar-refractivity contribution in [2.45, 2.75) is 65.7 Å². The van der Waals surface area contributed by atoms with E-state index in [0.717, 1.165) is 18.8 Å². The molecule has 2 nitrogen and oxygen atoms in total. The number of hydrogen-bond acceptors (Lipinski definition) is 2. The maximum atomic E-state index is 12.4. The lowest BCUT2D eigenvalue weighted by Crippen LogP contribution is -2.49. The molecule has 130 valence electrons. The quantitative estimate of drug-likeness (QED) is 0.468. The lowest BCUT2D eigenvalue weighted by atomic mass is 9.50. The molecule has 0 N–H and O–H groups in total. The smallest absolute Gasteiger partial charge is 0.311 e. The van der Waals surface area contributed by atoms with Crippen molar-refractivity contribution in [3.8, 4) is 0 Å². The number of fused-ring (bicyclic) bond motifs is 3. The van der Waals surface area contributed by atoms with Gasteiger partial charge in [-0.15, -0.1) is 13.2 Å². The van der Waals surface area contributed by atoms with Gasteiger partial charge in [0, 0.05) is 0 Å². The Morgan fingerprint density at radius 3 is 2.52 bits per heavy atom. The fraction of sp³-hybridized carbons (Fsp3) is 0.762. The Morgan fingerprint density at radius 2 is 1.87 bits per heavy atom. The number of esters is 1. The lowest BCUT2D eigenvalue weighted by Gasteiger charge is -2.54. The molecule has 3 unspecified atom stereocenters. The Morgan fingerprint density at radius 1 is 1.17 bits per heavy atom. The van der Waals surface area contributed by atoms with E-state index in [9.17, 15) is 4.79 Å². The summed E-state index contributed by atoms with van der Waals surface area (Å²) < 4.78 is 5.16. The number of ether oxygens (including phenoxy) is 1.